The summed E-state index contributed by atoms with van der Waals surface area (Å²) in [5.41, 5.74) is 2.64. The maximum Gasteiger partial charge on any atom is 0.251 e. The van der Waals surface area contributed by atoms with Crippen LogP contribution in [0, 0.1) is 6.92 Å². The number of aryl methyl sites for hydroxylation is 1. The Bertz CT molecular complexity index is 960. The van der Waals surface area contributed by atoms with Crippen molar-refractivity contribution < 1.29 is 19.0 Å². The number of aromatic nitrogens is 1. The second-order valence-electron chi connectivity index (χ2n) is 6.66. The van der Waals surface area contributed by atoms with E-state index in [9.17, 15) is 4.79 Å². The van der Waals surface area contributed by atoms with Crippen LogP contribution in [0.5, 0.6) is 17.2 Å². The van der Waals surface area contributed by atoms with E-state index in [1.807, 2.05) is 50.2 Å². The second kappa shape index (κ2) is 10.9. The van der Waals surface area contributed by atoms with Gasteiger partial charge in [0.15, 0.2) is 11.5 Å². The number of benzene rings is 2. The average Bonchev–Trinajstić information content (AvgIpc) is 2.76. The summed E-state index contributed by atoms with van der Waals surface area (Å²) in [7, 11) is 0. The Balaban J connectivity index is 1.55. The van der Waals surface area contributed by atoms with E-state index in [2.05, 4.69) is 10.3 Å². The van der Waals surface area contributed by atoms with Gasteiger partial charge in [0.25, 0.3) is 5.91 Å². The lowest BCUT2D eigenvalue weighted by Crippen LogP contribution is -2.28. The first kappa shape index (κ1) is 21.2. The minimum atomic E-state index is -0.190. The highest BCUT2D eigenvalue weighted by Gasteiger charge is 2.12. The molecule has 0 radical (unpaired) electrons. The van der Waals surface area contributed by atoms with Gasteiger partial charge in [0, 0.05) is 18.0 Å². The van der Waals surface area contributed by atoms with Crippen LogP contribution in [0.2, 0.25) is 0 Å². The molecule has 0 aliphatic rings. The number of hydrogen-bond donors (Lipinski definition) is 1. The molecule has 6 heteroatoms. The van der Waals surface area contributed by atoms with Gasteiger partial charge in [-0.15, -0.1) is 0 Å². The van der Waals surface area contributed by atoms with Crippen molar-refractivity contribution in [2.75, 3.05) is 19.8 Å². The molecule has 0 unspecified atom stereocenters. The lowest BCUT2D eigenvalue weighted by molar-refractivity contribution is 0.0946. The summed E-state index contributed by atoms with van der Waals surface area (Å²) in [5, 5.41) is 2.86. The third-order valence-corrected chi connectivity index (χ3v) is 4.30. The second-order valence-corrected chi connectivity index (χ2v) is 6.66. The van der Waals surface area contributed by atoms with Crippen molar-refractivity contribution in [3.05, 3.63) is 83.7 Å². The van der Waals surface area contributed by atoms with E-state index in [1.165, 1.54) is 0 Å². The Hall–Kier alpha value is -3.54. The van der Waals surface area contributed by atoms with Crippen molar-refractivity contribution >= 4 is 5.91 Å². The zero-order chi connectivity index (χ0) is 21.2. The van der Waals surface area contributed by atoms with Gasteiger partial charge >= 0.3 is 0 Å². The van der Waals surface area contributed by atoms with Gasteiger partial charge in [-0.3, -0.25) is 9.78 Å². The molecule has 0 fully saturated rings. The van der Waals surface area contributed by atoms with Crippen molar-refractivity contribution in [2.45, 2.75) is 20.5 Å². The zero-order valence-corrected chi connectivity index (χ0v) is 17.3. The summed E-state index contributed by atoms with van der Waals surface area (Å²) < 4.78 is 17.2. The highest BCUT2D eigenvalue weighted by molar-refractivity contribution is 5.94. The fourth-order valence-corrected chi connectivity index (χ4v) is 2.82. The molecule has 1 N–H and O–H groups in total. The van der Waals surface area contributed by atoms with Crippen LogP contribution in [0.4, 0.5) is 0 Å². The molecule has 1 amide bonds. The highest BCUT2D eigenvalue weighted by Crippen LogP contribution is 2.29. The van der Waals surface area contributed by atoms with Crippen LogP contribution in [0.15, 0.2) is 67.0 Å². The van der Waals surface area contributed by atoms with Crippen molar-refractivity contribution in [3.8, 4) is 17.2 Å². The van der Waals surface area contributed by atoms with Crippen molar-refractivity contribution in [3.63, 3.8) is 0 Å². The van der Waals surface area contributed by atoms with E-state index in [0.717, 1.165) is 16.9 Å². The van der Waals surface area contributed by atoms with Crippen LogP contribution < -0.4 is 19.5 Å². The topological polar surface area (TPSA) is 69.7 Å². The van der Waals surface area contributed by atoms with Crippen molar-refractivity contribution in [2.24, 2.45) is 0 Å². The summed E-state index contributed by atoms with van der Waals surface area (Å²) in [6.07, 6.45) is 3.44. The minimum Gasteiger partial charge on any atom is -0.492 e. The first-order chi connectivity index (χ1) is 14.7. The van der Waals surface area contributed by atoms with Crippen molar-refractivity contribution in [1.29, 1.82) is 0 Å². The molecule has 0 aliphatic carbocycles. The average molecular weight is 406 g/mol. The van der Waals surface area contributed by atoms with E-state index < -0.39 is 0 Å². The molecule has 6 nitrogen and oxygen atoms in total. The van der Waals surface area contributed by atoms with Crippen molar-refractivity contribution in [1.82, 2.24) is 10.3 Å². The molecule has 2 aromatic carbocycles. The molecule has 0 atom stereocenters. The lowest BCUT2D eigenvalue weighted by Gasteiger charge is -2.14. The number of rotatable bonds is 10. The summed E-state index contributed by atoms with van der Waals surface area (Å²) in [6.45, 7) is 5.56. The molecule has 3 aromatic rings. The number of amides is 1. The van der Waals surface area contributed by atoms with Crippen LogP contribution in [-0.2, 0) is 6.61 Å². The van der Waals surface area contributed by atoms with Crippen LogP contribution >= 0.6 is 0 Å². The van der Waals surface area contributed by atoms with Gasteiger partial charge < -0.3 is 19.5 Å². The number of pyridine rings is 1. The number of carbonyl (C=O) groups excluding carboxylic acids is 1. The van der Waals surface area contributed by atoms with Crippen LogP contribution in [0.1, 0.15) is 28.4 Å². The summed E-state index contributed by atoms with van der Waals surface area (Å²) in [5.74, 6) is 1.73. The van der Waals surface area contributed by atoms with Gasteiger partial charge in [0.2, 0.25) is 0 Å². The molecule has 0 saturated carbocycles. The molecule has 0 spiro atoms. The van der Waals surface area contributed by atoms with E-state index in [0.29, 0.717) is 43.4 Å². The van der Waals surface area contributed by atoms with Crippen LogP contribution in [0.3, 0.4) is 0 Å². The molecule has 1 aromatic heterocycles. The summed E-state index contributed by atoms with van der Waals surface area (Å²) in [6, 6.07) is 16.8. The number of nitrogens with zero attached hydrogens (tertiary/aromatic N) is 1. The third-order valence-electron chi connectivity index (χ3n) is 4.30. The third kappa shape index (κ3) is 6.24. The van der Waals surface area contributed by atoms with E-state index >= 15 is 0 Å². The van der Waals surface area contributed by atoms with E-state index in [4.69, 9.17) is 14.2 Å². The van der Waals surface area contributed by atoms with Gasteiger partial charge in [-0.2, -0.15) is 0 Å². The molecule has 0 saturated heterocycles. The van der Waals surface area contributed by atoms with Gasteiger partial charge in [-0.05, 0) is 67.4 Å². The Morgan fingerprint density at radius 1 is 0.967 bits per heavy atom. The van der Waals surface area contributed by atoms with Gasteiger partial charge in [-0.25, -0.2) is 0 Å². The molecule has 1 heterocycles. The van der Waals surface area contributed by atoms with Crippen LogP contribution in [0.25, 0.3) is 0 Å². The predicted molar refractivity (Wildman–Crippen MR) is 115 cm³/mol. The smallest absolute Gasteiger partial charge is 0.251 e. The zero-order valence-electron chi connectivity index (χ0n) is 17.3. The van der Waals surface area contributed by atoms with Gasteiger partial charge in [0.05, 0.1) is 13.2 Å². The molecule has 30 heavy (non-hydrogen) atoms. The molecule has 3 rings (SSSR count). The minimum absolute atomic E-state index is 0.190. The summed E-state index contributed by atoms with van der Waals surface area (Å²) in [4.78, 5) is 16.5. The molecule has 0 bridgehead atoms. The molecular formula is C24H26N2O4. The maximum absolute atomic E-state index is 12.5. The fourth-order valence-electron chi connectivity index (χ4n) is 2.82. The molecular weight excluding hydrogens is 380 g/mol. The summed E-state index contributed by atoms with van der Waals surface area (Å²) >= 11 is 0. The lowest BCUT2D eigenvalue weighted by atomic mass is 10.2. The van der Waals surface area contributed by atoms with E-state index in [1.54, 1.807) is 30.6 Å². The Morgan fingerprint density at radius 3 is 2.57 bits per heavy atom. The molecule has 156 valence electrons. The van der Waals surface area contributed by atoms with Gasteiger partial charge in [0.1, 0.15) is 19.0 Å². The largest absolute Gasteiger partial charge is 0.492 e. The maximum atomic E-state index is 12.5. The quantitative estimate of drug-likeness (QED) is 0.512. The Labute approximate surface area is 176 Å². The Morgan fingerprint density at radius 2 is 1.80 bits per heavy atom. The number of nitrogens with one attached hydrogen (secondary N) is 1. The molecule has 0 aliphatic heterocycles. The fraction of sp³-hybridized carbons (Fsp3) is 0.250. The van der Waals surface area contributed by atoms with Crippen LogP contribution in [-0.4, -0.2) is 30.6 Å². The van der Waals surface area contributed by atoms with E-state index in [-0.39, 0.29) is 5.91 Å². The standard InChI is InChI=1S/C24H26N2O4/c1-3-28-23-16-20(7-8-22(23)30-17-19-9-11-25-12-10-19)24(27)26-13-14-29-21-6-4-5-18(2)15-21/h4-12,15-16H,3,13-14,17H2,1-2H3,(H,26,27). The first-order valence-corrected chi connectivity index (χ1v) is 9.92. The number of hydrogen-bond acceptors (Lipinski definition) is 5. The number of carbonyl (C=O) groups is 1. The predicted octanol–water partition coefficient (Wildman–Crippen LogP) is 4.18. The highest BCUT2D eigenvalue weighted by atomic mass is 16.5. The normalized spacial score (nSPS) is 10.3. The monoisotopic (exact) mass is 406 g/mol. The Kier molecular flexibility index (Phi) is 7.66. The first-order valence-electron chi connectivity index (χ1n) is 9.92. The van der Waals surface area contributed by atoms with Gasteiger partial charge in [-0.1, -0.05) is 12.1 Å². The number of ether oxygens (including phenoxy) is 3. The SMILES string of the molecule is CCOc1cc(C(=O)NCCOc2cccc(C)c2)ccc1OCc1ccncc1.